The minimum Gasteiger partial charge on any atom is -0.389 e. The second kappa shape index (κ2) is 4.81. The summed E-state index contributed by atoms with van der Waals surface area (Å²) in [5, 5.41) is 10.9. The molecule has 132 valence electrons. The molecule has 0 spiro atoms. The molecule has 0 aromatic heterocycles. The van der Waals surface area contributed by atoms with Crippen molar-refractivity contribution in [2.75, 3.05) is 0 Å². The first-order valence-electron chi connectivity index (χ1n) is 9.57. The Morgan fingerprint density at radius 3 is 2.42 bits per heavy atom. The molecule has 3 nitrogen and oxygen atoms in total. The lowest BCUT2D eigenvalue weighted by Crippen LogP contribution is -2.56. The van der Waals surface area contributed by atoms with E-state index >= 15 is 0 Å². The fourth-order valence-corrected chi connectivity index (χ4v) is 6.99. The van der Waals surface area contributed by atoms with Crippen LogP contribution in [0.1, 0.15) is 66.2 Å². The zero-order chi connectivity index (χ0) is 17.5. The highest BCUT2D eigenvalue weighted by Crippen LogP contribution is 2.65. The van der Waals surface area contributed by atoms with Crippen LogP contribution in [0.4, 0.5) is 0 Å². The number of fused-ring (bicyclic) bond motifs is 5. The maximum absolute atomic E-state index is 12.5. The van der Waals surface area contributed by atoms with E-state index in [0.29, 0.717) is 30.0 Å². The van der Waals surface area contributed by atoms with E-state index in [-0.39, 0.29) is 22.0 Å². The van der Waals surface area contributed by atoms with E-state index in [1.165, 1.54) is 0 Å². The first-order chi connectivity index (χ1) is 11.1. The summed E-state index contributed by atoms with van der Waals surface area (Å²) in [6.45, 7) is 8.51. The van der Waals surface area contributed by atoms with Crippen molar-refractivity contribution in [3.8, 4) is 0 Å². The normalized spacial score (nSPS) is 50.0. The van der Waals surface area contributed by atoms with Crippen LogP contribution in [0.15, 0.2) is 11.6 Å². The van der Waals surface area contributed by atoms with Gasteiger partial charge in [-0.15, -0.1) is 0 Å². The minimum atomic E-state index is -0.519. The van der Waals surface area contributed by atoms with Crippen LogP contribution >= 0.6 is 0 Å². The Kier molecular flexibility index (Phi) is 3.31. The van der Waals surface area contributed by atoms with E-state index in [4.69, 9.17) is 0 Å². The lowest BCUT2D eigenvalue weighted by molar-refractivity contribution is -0.137. The predicted molar refractivity (Wildman–Crippen MR) is 92.3 cm³/mol. The predicted octanol–water partition coefficient (Wildman–Crippen LogP) is 3.69. The number of hydrogen-bond donors (Lipinski definition) is 1. The van der Waals surface area contributed by atoms with Crippen LogP contribution in [0.3, 0.4) is 0 Å². The highest BCUT2D eigenvalue weighted by Gasteiger charge is 2.61. The van der Waals surface area contributed by atoms with Gasteiger partial charge in [-0.1, -0.05) is 27.7 Å². The average molecular weight is 330 g/mol. The van der Waals surface area contributed by atoms with Crippen molar-refractivity contribution in [2.24, 2.45) is 34.0 Å². The quantitative estimate of drug-likeness (QED) is 0.737. The van der Waals surface area contributed by atoms with Crippen LogP contribution in [-0.4, -0.2) is 22.8 Å². The highest BCUT2D eigenvalue weighted by molar-refractivity contribution is 5.96. The van der Waals surface area contributed by atoms with E-state index in [9.17, 15) is 14.7 Å². The first kappa shape index (κ1) is 16.5. The average Bonchev–Trinajstić information content (AvgIpc) is 2.78. The van der Waals surface area contributed by atoms with Crippen molar-refractivity contribution in [1.29, 1.82) is 0 Å². The lowest BCUT2D eigenvalue weighted by atomic mass is 9.45. The fraction of sp³-hybridized carbons (Fsp3) is 0.810. The zero-order valence-electron chi connectivity index (χ0n) is 15.4. The molecule has 0 aromatic carbocycles. The molecule has 6 atom stereocenters. The van der Waals surface area contributed by atoms with Gasteiger partial charge in [-0.2, -0.15) is 0 Å². The monoisotopic (exact) mass is 330 g/mol. The third kappa shape index (κ3) is 1.94. The molecule has 0 heterocycles. The van der Waals surface area contributed by atoms with Crippen LogP contribution in [0.25, 0.3) is 0 Å². The molecule has 0 aliphatic heterocycles. The van der Waals surface area contributed by atoms with Gasteiger partial charge in [0.2, 0.25) is 0 Å². The molecule has 0 bridgehead atoms. The Bertz CT molecular complexity index is 645. The molecule has 4 aliphatic rings. The first-order valence-corrected chi connectivity index (χ1v) is 9.57. The Labute approximate surface area is 144 Å². The van der Waals surface area contributed by atoms with E-state index in [2.05, 4.69) is 13.8 Å². The van der Waals surface area contributed by atoms with Crippen molar-refractivity contribution < 1.29 is 14.7 Å². The number of rotatable bonds is 0. The van der Waals surface area contributed by atoms with Gasteiger partial charge >= 0.3 is 0 Å². The van der Waals surface area contributed by atoms with Crippen LogP contribution in [0.2, 0.25) is 0 Å². The fourth-order valence-electron chi connectivity index (χ4n) is 6.99. The standard InChI is InChI=1S/C21H30O3/c1-19(2)11-21(4)14-7-8-20(3)13(5-6-17(20)23)12(14)9-16(22)15(21)10-18(19)24/h10,12-14,16,22H,5-9,11H2,1-4H3/t12-,13-,14-,16+,20-,21+/m0/s1. The Morgan fingerprint density at radius 1 is 1.04 bits per heavy atom. The molecule has 0 radical (unpaired) electrons. The number of hydrogen-bond acceptors (Lipinski definition) is 3. The third-order valence-electron chi connectivity index (χ3n) is 8.24. The van der Waals surface area contributed by atoms with Gasteiger partial charge in [0.15, 0.2) is 5.78 Å². The van der Waals surface area contributed by atoms with Crippen molar-refractivity contribution in [3.05, 3.63) is 11.6 Å². The van der Waals surface area contributed by atoms with E-state index in [1.54, 1.807) is 6.08 Å². The van der Waals surface area contributed by atoms with Crippen LogP contribution < -0.4 is 0 Å². The molecule has 3 fully saturated rings. The zero-order valence-corrected chi connectivity index (χ0v) is 15.4. The molecule has 0 unspecified atom stereocenters. The number of carbonyl (C=O) groups is 2. The smallest absolute Gasteiger partial charge is 0.161 e. The van der Waals surface area contributed by atoms with E-state index < -0.39 is 6.10 Å². The molecular formula is C21H30O3. The largest absolute Gasteiger partial charge is 0.389 e. The molecule has 24 heavy (non-hydrogen) atoms. The molecule has 1 N–H and O–H groups in total. The Morgan fingerprint density at radius 2 is 1.71 bits per heavy atom. The molecule has 4 aliphatic carbocycles. The number of Topliss-reactive ketones (excluding diaryl/α,β-unsaturated/α-hetero) is 1. The SMILES string of the molecule is CC1(C)C[C@@]2(C)C(=CC1=O)[C@H](O)C[C@@H]1[C@@H]2CC[C@]2(C)C(=O)CC[C@@H]12. The van der Waals surface area contributed by atoms with Crippen LogP contribution in [0.5, 0.6) is 0 Å². The van der Waals surface area contributed by atoms with E-state index in [0.717, 1.165) is 37.7 Å². The van der Waals surface area contributed by atoms with Gasteiger partial charge in [-0.25, -0.2) is 0 Å². The summed E-state index contributed by atoms with van der Waals surface area (Å²) < 4.78 is 0. The maximum Gasteiger partial charge on any atom is 0.161 e. The topological polar surface area (TPSA) is 54.4 Å². The van der Waals surface area contributed by atoms with Gasteiger partial charge < -0.3 is 5.11 Å². The van der Waals surface area contributed by atoms with Gasteiger partial charge in [-0.05, 0) is 66.9 Å². The number of ketones is 2. The number of aliphatic hydroxyl groups excluding tert-OH is 1. The van der Waals surface area contributed by atoms with Crippen molar-refractivity contribution in [2.45, 2.75) is 72.3 Å². The summed E-state index contributed by atoms with van der Waals surface area (Å²) in [5.41, 5.74) is 0.345. The number of aliphatic hydroxyl groups is 1. The summed E-state index contributed by atoms with van der Waals surface area (Å²) in [4.78, 5) is 24.9. The summed E-state index contributed by atoms with van der Waals surface area (Å²) in [7, 11) is 0. The highest BCUT2D eigenvalue weighted by atomic mass is 16.3. The lowest BCUT2D eigenvalue weighted by Gasteiger charge is -2.59. The summed E-state index contributed by atoms with van der Waals surface area (Å²) >= 11 is 0. The summed E-state index contributed by atoms with van der Waals surface area (Å²) in [6, 6.07) is 0. The van der Waals surface area contributed by atoms with Crippen molar-refractivity contribution in [1.82, 2.24) is 0 Å². The van der Waals surface area contributed by atoms with Gasteiger partial charge in [-0.3, -0.25) is 9.59 Å². The molecule has 4 rings (SSSR count). The Balaban J connectivity index is 1.77. The van der Waals surface area contributed by atoms with Crippen LogP contribution in [-0.2, 0) is 9.59 Å². The third-order valence-corrected chi connectivity index (χ3v) is 8.24. The number of carbonyl (C=O) groups excluding carboxylic acids is 2. The summed E-state index contributed by atoms with van der Waals surface area (Å²) in [6.07, 6.45) is 6.52. The van der Waals surface area contributed by atoms with Crippen LogP contribution in [0, 0.1) is 34.0 Å². The van der Waals surface area contributed by atoms with Gasteiger partial charge in [0.05, 0.1) is 6.10 Å². The van der Waals surface area contributed by atoms with Gasteiger partial charge in [0, 0.05) is 17.3 Å². The molecule has 0 aromatic rings. The molecule has 0 amide bonds. The minimum absolute atomic E-state index is 0.104. The molecule has 0 saturated heterocycles. The van der Waals surface area contributed by atoms with E-state index in [1.807, 2.05) is 13.8 Å². The van der Waals surface area contributed by atoms with Crippen molar-refractivity contribution in [3.63, 3.8) is 0 Å². The second-order valence-corrected chi connectivity index (χ2v) is 9.99. The van der Waals surface area contributed by atoms with Gasteiger partial charge in [0.25, 0.3) is 0 Å². The summed E-state index contributed by atoms with van der Waals surface area (Å²) in [5.74, 6) is 1.91. The van der Waals surface area contributed by atoms with Crippen molar-refractivity contribution >= 4 is 11.6 Å². The Hall–Kier alpha value is -0.960. The molecule has 3 saturated carbocycles. The molecular weight excluding hydrogens is 300 g/mol. The molecule has 3 heteroatoms. The van der Waals surface area contributed by atoms with Gasteiger partial charge in [0.1, 0.15) is 5.78 Å². The maximum atomic E-state index is 12.5. The second-order valence-electron chi connectivity index (χ2n) is 9.99.